The van der Waals surface area contributed by atoms with Crippen LogP contribution in [0.4, 0.5) is 5.69 Å². The molecule has 9 heteroatoms. The van der Waals surface area contributed by atoms with Crippen LogP contribution in [0.2, 0.25) is 20.1 Å². The van der Waals surface area contributed by atoms with Gasteiger partial charge in [-0.25, -0.2) is 5.43 Å². The van der Waals surface area contributed by atoms with Crippen molar-refractivity contribution in [1.29, 1.82) is 0 Å². The lowest BCUT2D eigenvalue weighted by Crippen LogP contribution is -2.32. The Balaban J connectivity index is 1.97. The van der Waals surface area contributed by atoms with Crippen molar-refractivity contribution >= 4 is 70.1 Å². The predicted octanol–water partition coefficient (Wildman–Crippen LogP) is 4.39. The summed E-state index contributed by atoms with van der Waals surface area (Å²) in [5.41, 5.74) is 2.82. The molecule has 0 spiro atoms. The zero-order chi connectivity index (χ0) is 17.7. The maximum absolute atomic E-state index is 11.8. The van der Waals surface area contributed by atoms with Crippen LogP contribution in [0.3, 0.4) is 0 Å². The van der Waals surface area contributed by atoms with Gasteiger partial charge in [-0.2, -0.15) is 5.10 Å². The van der Waals surface area contributed by atoms with E-state index in [1.807, 2.05) is 0 Å². The van der Waals surface area contributed by atoms with Crippen molar-refractivity contribution in [2.24, 2.45) is 5.10 Å². The van der Waals surface area contributed by atoms with Gasteiger partial charge < -0.3 is 5.32 Å². The number of nitrogens with one attached hydrogen (secondary N) is 2. The zero-order valence-electron chi connectivity index (χ0n) is 11.8. The fourth-order valence-electron chi connectivity index (χ4n) is 1.59. The second kappa shape index (κ2) is 8.35. The first-order valence-corrected chi connectivity index (χ1v) is 7.92. The number of nitrogens with zero attached hydrogens (tertiary/aromatic N) is 1. The molecule has 2 N–H and O–H groups in total. The Morgan fingerprint density at radius 1 is 0.875 bits per heavy atom. The maximum Gasteiger partial charge on any atom is 0.329 e. The highest BCUT2D eigenvalue weighted by Gasteiger charge is 2.14. The van der Waals surface area contributed by atoms with Gasteiger partial charge in [0.25, 0.3) is 0 Å². The van der Waals surface area contributed by atoms with Gasteiger partial charge in [0.15, 0.2) is 0 Å². The molecule has 24 heavy (non-hydrogen) atoms. The van der Waals surface area contributed by atoms with Crippen LogP contribution in [-0.2, 0) is 9.59 Å². The minimum atomic E-state index is -0.979. The smallest absolute Gasteiger partial charge is 0.316 e. The van der Waals surface area contributed by atoms with Crippen LogP contribution in [0.5, 0.6) is 0 Å². The molecule has 0 aliphatic heterocycles. The molecule has 0 aliphatic carbocycles. The molecule has 2 amide bonds. The molecule has 2 aromatic carbocycles. The minimum absolute atomic E-state index is 0.217. The number of carbonyl (C=O) groups excluding carboxylic acids is 2. The Kier molecular flexibility index (Phi) is 6.45. The van der Waals surface area contributed by atoms with Gasteiger partial charge in [-0.15, -0.1) is 0 Å². The molecule has 0 atom stereocenters. The summed E-state index contributed by atoms with van der Waals surface area (Å²) in [5.74, 6) is -1.93. The van der Waals surface area contributed by atoms with Gasteiger partial charge in [0, 0.05) is 15.6 Å². The number of anilines is 1. The van der Waals surface area contributed by atoms with Crippen molar-refractivity contribution in [2.75, 3.05) is 5.32 Å². The summed E-state index contributed by atoms with van der Waals surface area (Å²) in [7, 11) is 0. The third kappa shape index (κ3) is 5.11. The molecule has 2 aromatic rings. The number of carbonyl (C=O) groups is 2. The van der Waals surface area contributed by atoms with Gasteiger partial charge in [0.1, 0.15) is 0 Å². The molecule has 5 nitrogen and oxygen atoms in total. The number of halogens is 4. The highest BCUT2D eigenvalue weighted by Crippen LogP contribution is 2.25. The molecule has 0 heterocycles. The molecular weight excluding hydrogens is 396 g/mol. The summed E-state index contributed by atoms with van der Waals surface area (Å²) in [5, 5.41) is 7.44. The summed E-state index contributed by atoms with van der Waals surface area (Å²) in [6.07, 6.45) is 1.29. The lowest BCUT2D eigenvalue weighted by Gasteiger charge is -2.06. The second-order valence-corrected chi connectivity index (χ2v) is 6.13. The first-order chi connectivity index (χ1) is 11.4. The highest BCUT2D eigenvalue weighted by atomic mass is 35.5. The van der Waals surface area contributed by atoms with Crippen molar-refractivity contribution in [3.63, 3.8) is 0 Å². The number of hydrazone groups is 1. The Morgan fingerprint density at radius 2 is 1.54 bits per heavy atom. The molecule has 0 saturated carbocycles. The van der Waals surface area contributed by atoms with E-state index < -0.39 is 11.8 Å². The van der Waals surface area contributed by atoms with Gasteiger partial charge in [-0.3, -0.25) is 9.59 Å². The molecule has 2 rings (SSSR count). The van der Waals surface area contributed by atoms with Crippen LogP contribution < -0.4 is 10.7 Å². The Hall–Kier alpha value is -1.79. The normalized spacial score (nSPS) is 10.7. The van der Waals surface area contributed by atoms with Gasteiger partial charge in [-0.05, 0) is 30.3 Å². The third-order valence-corrected chi connectivity index (χ3v) is 3.84. The Labute approximate surface area is 157 Å². The van der Waals surface area contributed by atoms with Crippen molar-refractivity contribution in [3.8, 4) is 0 Å². The van der Waals surface area contributed by atoms with Gasteiger partial charge >= 0.3 is 11.8 Å². The number of hydrogen-bond acceptors (Lipinski definition) is 3. The van der Waals surface area contributed by atoms with E-state index in [-0.39, 0.29) is 10.7 Å². The molecule has 0 bridgehead atoms. The lowest BCUT2D eigenvalue weighted by molar-refractivity contribution is -0.136. The first-order valence-electron chi connectivity index (χ1n) is 6.41. The number of amides is 2. The topological polar surface area (TPSA) is 70.6 Å². The Morgan fingerprint density at radius 3 is 2.25 bits per heavy atom. The Bertz CT molecular complexity index is 824. The summed E-state index contributed by atoms with van der Waals surface area (Å²) in [4.78, 5) is 23.5. The van der Waals surface area contributed by atoms with Crippen LogP contribution in [0.1, 0.15) is 5.56 Å². The minimum Gasteiger partial charge on any atom is -0.316 e. The van der Waals surface area contributed by atoms with Crippen LogP contribution >= 0.6 is 46.4 Å². The van der Waals surface area contributed by atoms with E-state index in [1.165, 1.54) is 24.4 Å². The zero-order valence-corrected chi connectivity index (χ0v) is 14.8. The molecule has 0 fully saturated rings. The number of rotatable bonds is 3. The molecular formula is C15H9Cl4N3O2. The first kappa shape index (κ1) is 18.5. The predicted molar refractivity (Wildman–Crippen MR) is 97.3 cm³/mol. The fraction of sp³-hybridized carbons (Fsp3) is 0. The van der Waals surface area contributed by atoms with E-state index in [2.05, 4.69) is 15.8 Å². The molecule has 0 aromatic heterocycles. The molecule has 0 unspecified atom stereocenters. The van der Waals surface area contributed by atoms with Crippen LogP contribution in [0.25, 0.3) is 0 Å². The highest BCUT2D eigenvalue weighted by molar-refractivity contribution is 6.42. The SMILES string of the molecule is O=C(NN=Cc1ccc(Cl)cc1Cl)C(=O)Nc1cc(Cl)ccc1Cl. The summed E-state index contributed by atoms with van der Waals surface area (Å²) in [6.45, 7) is 0. The average molecular weight is 405 g/mol. The van der Waals surface area contributed by atoms with E-state index >= 15 is 0 Å². The molecule has 0 aliphatic rings. The lowest BCUT2D eigenvalue weighted by atomic mass is 10.2. The summed E-state index contributed by atoms with van der Waals surface area (Å²) in [6, 6.07) is 9.24. The van der Waals surface area contributed by atoms with E-state index in [9.17, 15) is 9.59 Å². The van der Waals surface area contributed by atoms with E-state index in [4.69, 9.17) is 46.4 Å². The number of hydrogen-bond donors (Lipinski definition) is 2. The average Bonchev–Trinajstić information content (AvgIpc) is 2.52. The molecule has 0 radical (unpaired) electrons. The van der Waals surface area contributed by atoms with E-state index in [0.29, 0.717) is 20.6 Å². The van der Waals surface area contributed by atoms with E-state index in [0.717, 1.165) is 0 Å². The van der Waals surface area contributed by atoms with Crippen molar-refractivity contribution in [2.45, 2.75) is 0 Å². The quantitative estimate of drug-likeness (QED) is 0.452. The third-order valence-electron chi connectivity index (χ3n) is 2.72. The van der Waals surface area contributed by atoms with Crippen LogP contribution in [0, 0.1) is 0 Å². The molecule has 0 saturated heterocycles. The standard InChI is InChI=1S/C15H9Cl4N3O2/c16-9-2-1-8(12(19)5-9)7-20-22-15(24)14(23)21-13-6-10(17)3-4-11(13)18/h1-7H,(H,21,23)(H,22,24). The van der Waals surface area contributed by atoms with Crippen molar-refractivity contribution in [3.05, 3.63) is 62.1 Å². The van der Waals surface area contributed by atoms with Crippen LogP contribution in [-0.4, -0.2) is 18.0 Å². The largest absolute Gasteiger partial charge is 0.329 e. The summed E-state index contributed by atoms with van der Waals surface area (Å²) >= 11 is 23.4. The second-order valence-electron chi connectivity index (χ2n) is 4.44. The van der Waals surface area contributed by atoms with Crippen LogP contribution in [0.15, 0.2) is 41.5 Å². The summed E-state index contributed by atoms with van der Waals surface area (Å²) < 4.78 is 0. The van der Waals surface area contributed by atoms with Gasteiger partial charge in [0.05, 0.1) is 21.9 Å². The fourth-order valence-corrected chi connectivity index (χ4v) is 2.38. The van der Waals surface area contributed by atoms with E-state index in [1.54, 1.807) is 18.2 Å². The van der Waals surface area contributed by atoms with Gasteiger partial charge in [0.2, 0.25) is 0 Å². The van der Waals surface area contributed by atoms with Crippen molar-refractivity contribution in [1.82, 2.24) is 5.43 Å². The maximum atomic E-state index is 11.8. The monoisotopic (exact) mass is 403 g/mol. The van der Waals surface area contributed by atoms with Crippen molar-refractivity contribution < 1.29 is 9.59 Å². The van der Waals surface area contributed by atoms with Gasteiger partial charge in [-0.1, -0.05) is 52.5 Å². The number of benzene rings is 2. The molecule has 124 valence electrons.